The molecule has 2 fully saturated rings. The lowest BCUT2D eigenvalue weighted by Crippen LogP contribution is -2.28. The highest BCUT2D eigenvalue weighted by molar-refractivity contribution is 5.82. The summed E-state index contributed by atoms with van der Waals surface area (Å²) in [6.45, 7) is 5.90. The van der Waals surface area contributed by atoms with Gasteiger partial charge in [-0.15, -0.1) is 0 Å². The standard InChI is InChI=1S/C18H22O5/c1-4-20-14(19)11-10-13-16-17(23-18(2,3)22-16)15(21-13)12-8-6-5-7-9-12/h5-11,13,15-17H,4H2,1-3H3/b11-10-/t13-,15-,16+,17-/m0/s1. The molecule has 5 heteroatoms. The Morgan fingerprint density at radius 2 is 1.91 bits per heavy atom. The zero-order chi connectivity index (χ0) is 16.4. The van der Waals surface area contributed by atoms with Crippen molar-refractivity contribution >= 4 is 5.97 Å². The Hall–Kier alpha value is -1.69. The van der Waals surface area contributed by atoms with Crippen molar-refractivity contribution in [2.24, 2.45) is 0 Å². The Morgan fingerprint density at radius 3 is 2.61 bits per heavy atom. The molecule has 0 amide bonds. The number of hydrogen-bond acceptors (Lipinski definition) is 5. The molecule has 0 saturated carbocycles. The molecule has 124 valence electrons. The number of ether oxygens (including phenoxy) is 4. The van der Waals surface area contributed by atoms with E-state index in [1.54, 1.807) is 13.0 Å². The molecule has 0 aliphatic carbocycles. The average Bonchev–Trinajstić information content (AvgIpc) is 3.00. The van der Waals surface area contributed by atoms with Crippen LogP contribution in [0, 0.1) is 0 Å². The topological polar surface area (TPSA) is 54.0 Å². The molecule has 0 spiro atoms. The molecule has 4 atom stereocenters. The third kappa shape index (κ3) is 3.47. The number of carbonyl (C=O) groups is 1. The van der Waals surface area contributed by atoms with Gasteiger partial charge < -0.3 is 18.9 Å². The summed E-state index contributed by atoms with van der Waals surface area (Å²) in [5.41, 5.74) is 1.04. The largest absolute Gasteiger partial charge is 0.463 e. The quantitative estimate of drug-likeness (QED) is 0.631. The predicted molar refractivity (Wildman–Crippen MR) is 83.7 cm³/mol. The molecule has 3 rings (SSSR count). The minimum Gasteiger partial charge on any atom is -0.463 e. The number of carbonyl (C=O) groups excluding carboxylic acids is 1. The summed E-state index contributed by atoms with van der Waals surface area (Å²) >= 11 is 0. The van der Waals surface area contributed by atoms with Gasteiger partial charge in [-0.25, -0.2) is 4.79 Å². The maximum Gasteiger partial charge on any atom is 0.330 e. The highest BCUT2D eigenvalue weighted by Gasteiger charge is 2.54. The second-order valence-electron chi connectivity index (χ2n) is 6.11. The fraction of sp³-hybridized carbons (Fsp3) is 0.500. The van der Waals surface area contributed by atoms with Gasteiger partial charge in [0.25, 0.3) is 0 Å². The maximum absolute atomic E-state index is 11.5. The highest BCUT2D eigenvalue weighted by Crippen LogP contribution is 2.45. The van der Waals surface area contributed by atoms with Gasteiger partial charge in [0.2, 0.25) is 0 Å². The van der Waals surface area contributed by atoms with E-state index in [1.165, 1.54) is 6.08 Å². The molecule has 0 radical (unpaired) electrons. The van der Waals surface area contributed by atoms with Crippen molar-refractivity contribution in [3.8, 4) is 0 Å². The highest BCUT2D eigenvalue weighted by atomic mass is 16.8. The first kappa shape index (κ1) is 16.2. The van der Waals surface area contributed by atoms with Gasteiger partial charge in [0.05, 0.1) is 6.61 Å². The van der Waals surface area contributed by atoms with E-state index in [1.807, 2.05) is 44.2 Å². The Kier molecular flexibility index (Phi) is 4.53. The van der Waals surface area contributed by atoms with E-state index in [4.69, 9.17) is 18.9 Å². The van der Waals surface area contributed by atoms with Gasteiger partial charge in [-0.1, -0.05) is 30.3 Å². The van der Waals surface area contributed by atoms with E-state index >= 15 is 0 Å². The minimum atomic E-state index is -0.665. The van der Waals surface area contributed by atoms with E-state index in [0.717, 1.165) is 5.56 Å². The summed E-state index contributed by atoms with van der Waals surface area (Å²) in [6, 6.07) is 9.92. The first-order chi connectivity index (χ1) is 11.0. The molecule has 2 aliphatic heterocycles. The van der Waals surface area contributed by atoms with Crippen LogP contribution in [0.15, 0.2) is 42.5 Å². The summed E-state index contributed by atoms with van der Waals surface area (Å²) in [5.74, 6) is -1.05. The fourth-order valence-electron chi connectivity index (χ4n) is 3.06. The summed E-state index contributed by atoms with van der Waals surface area (Å²) < 4.78 is 23.0. The summed E-state index contributed by atoms with van der Waals surface area (Å²) in [7, 11) is 0. The van der Waals surface area contributed by atoms with Crippen LogP contribution in [-0.4, -0.2) is 36.7 Å². The fourth-order valence-corrected chi connectivity index (χ4v) is 3.06. The number of hydrogen-bond donors (Lipinski definition) is 0. The molecule has 0 N–H and O–H groups in total. The van der Waals surface area contributed by atoms with Crippen molar-refractivity contribution in [3.63, 3.8) is 0 Å². The number of rotatable bonds is 4. The van der Waals surface area contributed by atoms with Crippen LogP contribution in [0.5, 0.6) is 0 Å². The lowest BCUT2D eigenvalue weighted by atomic mass is 10.0. The van der Waals surface area contributed by atoms with Crippen molar-refractivity contribution in [3.05, 3.63) is 48.0 Å². The van der Waals surface area contributed by atoms with E-state index in [0.29, 0.717) is 6.61 Å². The monoisotopic (exact) mass is 318 g/mol. The van der Waals surface area contributed by atoms with Crippen LogP contribution in [0.3, 0.4) is 0 Å². The zero-order valence-electron chi connectivity index (χ0n) is 13.6. The predicted octanol–water partition coefficient (Wildman–Crippen LogP) is 2.77. The third-order valence-corrected chi connectivity index (χ3v) is 3.93. The molecule has 2 heterocycles. The molecule has 0 aromatic heterocycles. The first-order valence-corrected chi connectivity index (χ1v) is 7.91. The number of benzene rings is 1. The SMILES string of the molecule is CCOC(=O)/C=C\[C@@H]1O[C@@H](c2ccccc2)[C@@H]2OC(C)(C)O[C@@H]21. The van der Waals surface area contributed by atoms with E-state index in [2.05, 4.69) is 0 Å². The Balaban J connectivity index is 1.81. The molecule has 2 saturated heterocycles. The Labute approximate surface area is 136 Å². The molecule has 5 nitrogen and oxygen atoms in total. The van der Waals surface area contributed by atoms with Crippen LogP contribution in [0.25, 0.3) is 0 Å². The van der Waals surface area contributed by atoms with Crippen LogP contribution in [-0.2, 0) is 23.7 Å². The van der Waals surface area contributed by atoms with Crippen molar-refractivity contribution < 1.29 is 23.7 Å². The lowest BCUT2D eigenvalue weighted by Gasteiger charge is -2.23. The van der Waals surface area contributed by atoms with Crippen molar-refractivity contribution in [1.82, 2.24) is 0 Å². The van der Waals surface area contributed by atoms with Crippen LogP contribution < -0.4 is 0 Å². The maximum atomic E-state index is 11.5. The average molecular weight is 318 g/mol. The second kappa shape index (κ2) is 6.43. The van der Waals surface area contributed by atoms with Crippen LogP contribution >= 0.6 is 0 Å². The number of fused-ring (bicyclic) bond motifs is 1. The van der Waals surface area contributed by atoms with Gasteiger partial charge in [0.15, 0.2) is 5.79 Å². The minimum absolute atomic E-state index is 0.204. The van der Waals surface area contributed by atoms with Crippen molar-refractivity contribution in [2.45, 2.75) is 51.0 Å². The third-order valence-electron chi connectivity index (χ3n) is 3.93. The normalized spacial score (nSPS) is 32.1. The Morgan fingerprint density at radius 1 is 1.22 bits per heavy atom. The molecular formula is C18H22O5. The molecule has 2 aliphatic rings. The van der Waals surface area contributed by atoms with E-state index in [-0.39, 0.29) is 30.4 Å². The van der Waals surface area contributed by atoms with Gasteiger partial charge in [0, 0.05) is 6.08 Å². The summed E-state index contributed by atoms with van der Waals surface area (Å²) in [5, 5.41) is 0. The van der Waals surface area contributed by atoms with Gasteiger partial charge in [-0.2, -0.15) is 0 Å². The molecule has 0 bridgehead atoms. The summed E-state index contributed by atoms with van der Waals surface area (Å²) in [6.07, 6.45) is 2.07. The van der Waals surface area contributed by atoms with E-state index in [9.17, 15) is 4.79 Å². The van der Waals surface area contributed by atoms with Gasteiger partial charge in [-0.3, -0.25) is 0 Å². The second-order valence-corrected chi connectivity index (χ2v) is 6.11. The Bertz CT molecular complexity index is 580. The molecule has 1 aromatic rings. The number of esters is 1. The van der Waals surface area contributed by atoms with Crippen LogP contribution in [0.4, 0.5) is 0 Å². The molecule has 23 heavy (non-hydrogen) atoms. The van der Waals surface area contributed by atoms with Crippen LogP contribution in [0.2, 0.25) is 0 Å². The molecular weight excluding hydrogens is 296 g/mol. The summed E-state index contributed by atoms with van der Waals surface area (Å²) in [4.78, 5) is 11.5. The lowest BCUT2D eigenvalue weighted by molar-refractivity contribution is -0.183. The van der Waals surface area contributed by atoms with Crippen molar-refractivity contribution in [1.29, 1.82) is 0 Å². The zero-order valence-corrected chi connectivity index (χ0v) is 13.6. The smallest absolute Gasteiger partial charge is 0.330 e. The molecule has 1 aromatic carbocycles. The van der Waals surface area contributed by atoms with Gasteiger partial charge >= 0.3 is 5.97 Å². The van der Waals surface area contributed by atoms with E-state index < -0.39 is 5.79 Å². The van der Waals surface area contributed by atoms with Crippen molar-refractivity contribution in [2.75, 3.05) is 6.61 Å². The van der Waals surface area contributed by atoms with Crippen LogP contribution in [0.1, 0.15) is 32.4 Å². The van der Waals surface area contributed by atoms with Gasteiger partial charge in [0.1, 0.15) is 24.4 Å². The molecule has 0 unspecified atom stereocenters. The van der Waals surface area contributed by atoms with Gasteiger partial charge in [-0.05, 0) is 32.4 Å². The first-order valence-electron chi connectivity index (χ1n) is 7.91.